The predicted molar refractivity (Wildman–Crippen MR) is 118 cm³/mol. The molecule has 0 spiro atoms. The van der Waals surface area contributed by atoms with Gasteiger partial charge in [0.1, 0.15) is 11.4 Å². The molecule has 0 N–H and O–H groups in total. The van der Waals surface area contributed by atoms with Gasteiger partial charge in [0.15, 0.2) is 6.61 Å². The van der Waals surface area contributed by atoms with Crippen LogP contribution in [0.25, 0.3) is 32.7 Å². The lowest BCUT2D eigenvalue weighted by molar-refractivity contribution is -0.157. The number of esters is 1. The fourth-order valence-electron chi connectivity index (χ4n) is 3.46. The first-order chi connectivity index (χ1) is 13.9. The Labute approximate surface area is 170 Å². The van der Waals surface area contributed by atoms with Gasteiger partial charge >= 0.3 is 5.97 Å². The first-order valence-electron chi connectivity index (χ1n) is 9.76. The van der Waals surface area contributed by atoms with Crippen molar-refractivity contribution in [1.82, 2.24) is 0 Å². The smallest absolute Gasteiger partial charge is 0.344 e. The molecule has 4 aromatic rings. The number of fused-ring (bicyclic) bond motifs is 2. The van der Waals surface area contributed by atoms with E-state index in [2.05, 4.69) is 54.6 Å². The molecule has 0 saturated heterocycles. The van der Waals surface area contributed by atoms with Crippen LogP contribution in [0.2, 0.25) is 0 Å². The summed E-state index contributed by atoms with van der Waals surface area (Å²) in [4.78, 5) is 11.8. The van der Waals surface area contributed by atoms with Crippen LogP contribution in [0.4, 0.5) is 0 Å². The van der Waals surface area contributed by atoms with E-state index in [1.165, 1.54) is 27.1 Å². The molecule has 0 amide bonds. The van der Waals surface area contributed by atoms with Crippen molar-refractivity contribution in [2.24, 2.45) is 0 Å². The zero-order chi connectivity index (χ0) is 20.4. The second-order valence-electron chi connectivity index (χ2n) is 8.13. The van der Waals surface area contributed by atoms with Gasteiger partial charge in [-0.15, -0.1) is 0 Å². The molecule has 146 valence electrons. The Morgan fingerprint density at radius 1 is 0.793 bits per heavy atom. The van der Waals surface area contributed by atoms with E-state index in [9.17, 15) is 4.79 Å². The first kappa shape index (κ1) is 19.0. The van der Waals surface area contributed by atoms with Crippen LogP contribution >= 0.6 is 0 Å². The summed E-state index contributed by atoms with van der Waals surface area (Å²) < 4.78 is 10.8. The van der Waals surface area contributed by atoms with Crippen molar-refractivity contribution in [3.05, 3.63) is 78.9 Å². The summed E-state index contributed by atoms with van der Waals surface area (Å²) in [5.74, 6) is 0.271. The molecule has 0 saturated carbocycles. The zero-order valence-electron chi connectivity index (χ0n) is 16.9. The van der Waals surface area contributed by atoms with Gasteiger partial charge in [-0.25, -0.2) is 4.79 Å². The minimum absolute atomic E-state index is 0.100. The topological polar surface area (TPSA) is 35.5 Å². The Bertz CT molecular complexity index is 1170. The number of hydrogen-bond donors (Lipinski definition) is 0. The molecule has 0 aliphatic heterocycles. The summed E-state index contributed by atoms with van der Waals surface area (Å²) in [6, 6.07) is 27.1. The molecule has 4 aromatic carbocycles. The third-order valence-corrected chi connectivity index (χ3v) is 4.69. The Kier molecular flexibility index (Phi) is 4.98. The Hall–Kier alpha value is -3.33. The molecule has 0 fully saturated rings. The van der Waals surface area contributed by atoms with Crippen LogP contribution in [0.5, 0.6) is 5.75 Å². The third kappa shape index (κ3) is 4.40. The maximum Gasteiger partial charge on any atom is 0.344 e. The summed E-state index contributed by atoms with van der Waals surface area (Å²) in [6.45, 7) is 5.42. The van der Waals surface area contributed by atoms with E-state index in [-0.39, 0.29) is 12.6 Å². The normalized spacial score (nSPS) is 11.6. The summed E-state index contributed by atoms with van der Waals surface area (Å²) in [7, 11) is 0. The van der Waals surface area contributed by atoms with Crippen molar-refractivity contribution < 1.29 is 14.3 Å². The first-order valence-corrected chi connectivity index (χ1v) is 9.76. The highest BCUT2D eigenvalue weighted by atomic mass is 16.6. The molecule has 0 aliphatic rings. The molecule has 4 rings (SSSR count). The lowest BCUT2D eigenvalue weighted by atomic mass is 9.95. The van der Waals surface area contributed by atoms with Gasteiger partial charge in [-0.1, -0.05) is 54.6 Å². The Morgan fingerprint density at radius 3 is 2.14 bits per heavy atom. The average molecular weight is 384 g/mol. The second kappa shape index (κ2) is 7.59. The van der Waals surface area contributed by atoms with Gasteiger partial charge in [-0.2, -0.15) is 0 Å². The summed E-state index contributed by atoms with van der Waals surface area (Å²) >= 11 is 0. The lowest BCUT2D eigenvalue weighted by Crippen LogP contribution is -2.27. The molecule has 0 atom stereocenters. The molecule has 3 nitrogen and oxygen atoms in total. The van der Waals surface area contributed by atoms with Crippen molar-refractivity contribution >= 4 is 27.5 Å². The third-order valence-electron chi connectivity index (χ3n) is 4.69. The van der Waals surface area contributed by atoms with Crippen LogP contribution in [0.1, 0.15) is 20.8 Å². The molecule has 0 aromatic heterocycles. The summed E-state index contributed by atoms with van der Waals surface area (Å²) in [6.07, 6.45) is 0. The number of ether oxygens (including phenoxy) is 2. The average Bonchev–Trinajstić information content (AvgIpc) is 2.69. The quantitative estimate of drug-likeness (QED) is 0.302. The molecule has 0 radical (unpaired) electrons. The molecule has 0 unspecified atom stereocenters. The van der Waals surface area contributed by atoms with Crippen LogP contribution in [0, 0.1) is 0 Å². The van der Waals surface area contributed by atoms with Gasteiger partial charge in [0.2, 0.25) is 0 Å². The zero-order valence-corrected chi connectivity index (χ0v) is 16.9. The highest BCUT2D eigenvalue weighted by Gasteiger charge is 2.16. The summed E-state index contributed by atoms with van der Waals surface area (Å²) in [5, 5.41) is 4.90. The lowest BCUT2D eigenvalue weighted by Gasteiger charge is -2.19. The van der Waals surface area contributed by atoms with Gasteiger partial charge in [-0.3, -0.25) is 0 Å². The number of hydrogen-bond acceptors (Lipinski definition) is 3. The number of rotatable bonds is 4. The van der Waals surface area contributed by atoms with Crippen LogP contribution < -0.4 is 4.74 Å². The van der Waals surface area contributed by atoms with Crippen LogP contribution in [0.3, 0.4) is 0 Å². The van der Waals surface area contributed by atoms with E-state index < -0.39 is 5.60 Å². The highest BCUT2D eigenvalue weighted by molar-refractivity contribution is 6.04. The van der Waals surface area contributed by atoms with Gasteiger partial charge in [0.25, 0.3) is 0 Å². The van der Waals surface area contributed by atoms with E-state index in [0.717, 1.165) is 5.56 Å². The highest BCUT2D eigenvalue weighted by Crippen LogP contribution is 2.32. The molecule has 0 aliphatic carbocycles. The second-order valence-corrected chi connectivity index (χ2v) is 8.13. The van der Waals surface area contributed by atoms with E-state index >= 15 is 0 Å². The Balaban J connectivity index is 1.58. The van der Waals surface area contributed by atoms with Crippen molar-refractivity contribution in [3.63, 3.8) is 0 Å². The number of carbonyl (C=O) groups excluding carboxylic acids is 1. The van der Waals surface area contributed by atoms with Crippen molar-refractivity contribution in [1.29, 1.82) is 0 Å². The summed E-state index contributed by atoms with van der Waals surface area (Å²) in [5.41, 5.74) is 1.77. The molecule has 0 bridgehead atoms. The van der Waals surface area contributed by atoms with Gasteiger partial charge in [0.05, 0.1) is 0 Å². The van der Waals surface area contributed by atoms with E-state index in [4.69, 9.17) is 9.47 Å². The monoisotopic (exact) mass is 384 g/mol. The number of carbonyl (C=O) groups is 1. The van der Waals surface area contributed by atoms with Crippen LogP contribution in [-0.2, 0) is 9.53 Å². The maximum absolute atomic E-state index is 11.8. The van der Waals surface area contributed by atoms with Gasteiger partial charge < -0.3 is 9.47 Å². The minimum Gasteiger partial charge on any atom is -0.482 e. The fraction of sp³-hybridized carbons (Fsp3) is 0.192. The van der Waals surface area contributed by atoms with E-state index in [0.29, 0.717) is 5.75 Å². The molecule has 3 heteroatoms. The fourth-order valence-corrected chi connectivity index (χ4v) is 3.46. The largest absolute Gasteiger partial charge is 0.482 e. The van der Waals surface area contributed by atoms with Crippen molar-refractivity contribution in [2.75, 3.05) is 6.61 Å². The van der Waals surface area contributed by atoms with Crippen LogP contribution in [0.15, 0.2) is 78.9 Å². The Morgan fingerprint density at radius 2 is 1.45 bits per heavy atom. The van der Waals surface area contributed by atoms with Gasteiger partial charge in [-0.05, 0) is 77.7 Å². The maximum atomic E-state index is 11.8. The molecular weight excluding hydrogens is 360 g/mol. The van der Waals surface area contributed by atoms with Crippen molar-refractivity contribution in [2.45, 2.75) is 26.4 Å². The molecule has 29 heavy (non-hydrogen) atoms. The number of benzene rings is 4. The standard InChI is InChI=1S/C26H24O3/c1-26(2,3)29-25(27)17-28-22-13-11-18(12-14-22)23-10-6-9-21-15-19-7-4-5-8-20(19)16-24(21)23/h4-16H,17H2,1-3H3. The predicted octanol–water partition coefficient (Wildman–Crippen LogP) is 6.38. The molecular formula is C26H24O3. The van der Waals surface area contributed by atoms with Crippen molar-refractivity contribution in [3.8, 4) is 16.9 Å². The molecule has 0 heterocycles. The van der Waals surface area contributed by atoms with Crippen LogP contribution in [-0.4, -0.2) is 18.2 Å². The van der Waals surface area contributed by atoms with Gasteiger partial charge in [0, 0.05) is 0 Å². The SMILES string of the molecule is CC(C)(C)OC(=O)COc1ccc(-c2cccc3cc4ccccc4cc23)cc1. The minimum atomic E-state index is -0.511. The van der Waals surface area contributed by atoms with E-state index in [1.54, 1.807) is 0 Å². The van der Waals surface area contributed by atoms with E-state index in [1.807, 2.05) is 45.0 Å².